The average molecular weight is 369 g/mol. The number of hydrazone groups is 1. The number of hydrogen-bond donors (Lipinski definition) is 2. The zero-order chi connectivity index (χ0) is 18.4. The molecule has 0 bridgehead atoms. The molecular weight excluding hydrogens is 350 g/mol. The number of aromatic amines is 1. The number of benzene rings is 2. The molecule has 2 aromatic carbocycles. The third-order valence-electron chi connectivity index (χ3n) is 3.60. The third-order valence-corrected chi connectivity index (χ3v) is 3.87. The minimum absolute atomic E-state index is 0.408. The highest BCUT2D eigenvalue weighted by Crippen LogP contribution is 2.20. The van der Waals surface area contributed by atoms with Crippen molar-refractivity contribution in [1.29, 1.82) is 0 Å². The first-order chi connectivity index (χ1) is 12.7. The molecule has 2 N–H and O–H groups in total. The van der Waals surface area contributed by atoms with Crippen molar-refractivity contribution in [1.82, 2.24) is 14.9 Å². The van der Waals surface area contributed by atoms with Crippen LogP contribution in [0, 0.1) is 4.77 Å². The number of H-pyrrole nitrogens is 1. The van der Waals surface area contributed by atoms with Crippen LogP contribution < -0.4 is 15.0 Å². The molecule has 0 saturated heterocycles. The monoisotopic (exact) mass is 369 g/mol. The van der Waals surface area contributed by atoms with E-state index in [0.29, 0.717) is 17.2 Å². The van der Waals surface area contributed by atoms with Gasteiger partial charge in [-0.3, -0.25) is 0 Å². The van der Waals surface area contributed by atoms with Crippen molar-refractivity contribution in [3.05, 3.63) is 58.9 Å². The van der Waals surface area contributed by atoms with Crippen LogP contribution in [0.5, 0.6) is 11.5 Å². The second-order valence-corrected chi connectivity index (χ2v) is 5.63. The lowest BCUT2D eigenvalue weighted by atomic mass is 10.2. The fourth-order valence-electron chi connectivity index (χ4n) is 2.38. The lowest BCUT2D eigenvalue weighted by Gasteiger charge is -2.07. The summed E-state index contributed by atoms with van der Waals surface area (Å²) in [5.74, 6) is 2.16. The summed E-state index contributed by atoms with van der Waals surface area (Å²) in [4.78, 5) is 0. The van der Waals surface area contributed by atoms with E-state index >= 15 is 0 Å². The predicted molar refractivity (Wildman–Crippen MR) is 104 cm³/mol. The van der Waals surface area contributed by atoms with Crippen LogP contribution in [0.1, 0.15) is 12.5 Å². The zero-order valence-corrected chi connectivity index (χ0v) is 15.3. The van der Waals surface area contributed by atoms with E-state index in [4.69, 9.17) is 21.7 Å². The summed E-state index contributed by atoms with van der Waals surface area (Å²) in [7, 11) is 1.62. The molecule has 0 aliphatic heterocycles. The van der Waals surface area contributed by atoms with Crippen molar-refractivity contribution in [2.75, 3.05) is 19.3 Å². The Labute approximate surface area is 156 Å². The highest BCUT2D eigenvalue weighted by atomic mass is 32.1. The van der Waals surface area contributed by atoms with Gasteiger partial charge in [-0.25, -0.2) is 10.6 Å². The Hall–Kier alpha value is -3.13. The Kier molecular flexibility index (Phi) is 5.65. The molecule has 0 atom stereocenters. The first-order valence-corrected chi connectivity index (χ1v) is 8.46. The lowest BCUT2D eigenvalue weighted by molar-refractivity contribution is 0.340. The van der Waals surface area contributed by atoms with Crippen molar-refractivity contribution in [3.8, 4) is 22.9 Å². The normalized spacial score (nSPS) is 10.8. The number of nitrogens with one attached hydrogen (secondary N) is 2. The van der Waals surface area contributed by atoms with Crippen LogP contribution in [0.15, 0.2) is 53.6 Å². The van der Waals surface area contributed by atoms with Gasteiger partial charge in [0.05, 0.1) is 19.9 Å². The first-order valence-electron chi connectivity index (χ1n) is 8.05. The van der Waals surface area contributed by atoms with Gasteiger partial charge in [-0.2, -0.15) is 14.9 Å². The van der Waals surface area contributed by atoms with Gasteiger partial charge in [-0.1, -0.05) is 12.1 Å². The van der Waals surface area contributed by atoms with Crippen molar-refractivity contribution < 1.29 is 9.47 Å². The summed E-state index contributed by atoms with van der Waals surface area (Å²) in [6, 6.07) is 15.2. The van der Waals surface area contributed by atoms with Crippen LogP contribution >= 0.6 is 12.2 Å². The van der Waals surface area contributed by atoms with E-state index in [2.05, 4.69) is 20.8 Å². The van der Waals surface area contributed by atoms with Gasteiger partial charge in [0.15, 0.2) is 5.82 Å². The van der Waals surface area contributed by atoms with Gasteiger partial charge >= 0.3 is 0 Å². The van der Waals surface area contributed by atoms with Gasteiger partial charge in [0.1, 0.15) is 11.5 Å². The van der Waals surface area contributed by atoms with Crippen molar-refractivity contribution in [2.24, 2.45) is 5.10 Å². The molecule has 1 heterocycles. The van der Waals surface area contributed by atoms with Crippen LogP contribution in [0.25, 0.3) is 11.4 Å². The topological polar surface area (TPSA) is 76.5 Å². The molecule has 3 rings (SSSR count). The second-order valence-electron chi connectivity index (χ2n) is 5.25. The summed E-state index contributed by atoms with van der Waals surface area (Å²) in [5.41, 5.74) is 4.62. The van der Waals surface area contributed by atoms with Gasteiger partial charge in [0.25, 0.3) is 0 Å². The van der Waals surface area contributed by atoms with Gasteiger partial charge in [-0.05, 0) is 55.5 Å². The Morgan fingerprint density at radius 3 is 2.73 bits per heavy atom. The van der Waals surface area contributed by atoms with Crippen molar-refractivity contribution in [2.45, 2.75) is 6.92 Å². The molecule has 0 aliphatic rings. The first kappa shape index (κ1) is 17.7. The molecule has 0 unspecified atom stereocenters. The number of para-hydroxylation sites is 1. The van der Waals surface area contributed by atoms with E-state index in [9.17, 15) is 0 Å². The van der Waals surface area contributed by atoms with Gasteiger partial charge in [0, 0.05) is 11.1 Å². The van der Waals surface area contributed by atoms with E-state index in [1.165, 1.54) is 0 Å². The Morgan fingerprint density at radius 2 is 2.00 bits per heavy atom. The summed E-state index contributed by atoms with van der Waals surface area (Å²) < 4.78 is 12.8. The summed E-state index contributed by atoms with van der Waals surface area (Å²) in [5, 5.41) is 11.3. The molecule has 0 saturated carbocycles. The van der Waals surface area contributed by atoms with Crippen molar-refractivity contribution >= 4 is 18.4 Å². The number of hydrogen-bond acceptors (Lipinski definition) is 6. The maximum Gasteiger partial charge on any atom is 0.216 e. The Bertz CT molecular complexity index is 947. The molecular formula is C18H19N5O2S. The summed E-state index contributed by atoms with van der Waals surface area (Å²) in [6.45, 7) is 2.57. The summed E-state index contributed by atoms with van der Waals surface area (Å²) in [6.07, 6.45) is 1.66. The SMILES string of the molecule is CCOc1ccc(-c2n[nH]c(=S)n2N/N=C/c2ccccc2OC)cc1. The smallest absolute Gasteiger partial charge is 0.216 e. The van der Waals surface area contributed by atoms with E-state index in [-0.39, 0.29) is 0 Å². The number of aromatic nitrogens is 3. The van der Waals surface area contributed by atoms with Crippen molar-refractivity contribution in [3.63, 3.8) is 0 Å². The predicted octanol–water partition coefficient (Wildman–Crippen LogP) is 3.59. The minimum Gasteiger partial charge on any atom is -0.496 e. The van der Waals surface area contributed by atoms with Gasteiger partial charge in [-0.15, -0.1) is 0 Å². The zero-order valence-electron chi connectivity index (χ0n) is 14.5. The molecule has 0 radical (unpaired) electrons. The lowest BCUT2D eigenvalue weighted by Crippen LogP contribution is -2.10. The molecule has 7 nitrogen and oxygen atoms in total. The van der Waals surface area contributed by atoms with Crippen LogP contribution in [0.2, 0.25) is 0 Å². The van der Waals surface area contributed by atoms with E-state index < -0.39 is 0 Å². The largest absolute Gasteiger partial charge is 0.496 e. The molecule has 0 aliphatic carbocycles. The Balaban J connectivity index is 1.82. The van der Waals surface area contributed by atoms with Crippen LogP contribution in [0.4, 0.5) is 0 Å². The molecule has 8 heteroatoms. The van der Waals surface area contributed by atoms with E-state index in [1.54, 1.807) is 18.0 Å². The quantitative estimate of drug-likeness (QED) is 0.378. The second kappa shape index (κ2) is 8.30. The van der Waals surface area contributed by atoms with Crippen LogP contribution in [-0.4, -0.2) is 34.8 Å². The molecule has 1 aromatic heterocycles. The number of rotatable bonds is 7. The van der Waals surface area contributed by atoms with E-state index in [1.807, 2.05) is 55.5 Å². The van der Waals surface area contributed by atoms with Gasteiger partial charge < -0.3 is 9.47 Å². The summed E-state index contributed by atoms with van der Waals surface area (Å²) >= 11 is 5.28. The van der Waals surface area contributed by atoms with Crippen LogP contribution in [-0.2, 0) is 0 Å². The highest BCUT2D eigenvalue weighted by Gasteiger charge is 2.08. The van der Waals surface area contributed by atoms with Gasteiger partial charge in [0.2, 0.25) is 4.77 Å². The maximum absolute atomic E-state index is 5.46. The fraction of sp³-hybridized carbons (Fsp3) is 0.167. The Morgan fingerprint density at radius 1 is 1.23 bits per heavy atom. The number of ether oxygens (including phenoxy) is 2. The molecule has 0 amide bonds. The molecule has 0 spiro atoms. The molecule has 134 valence electrons. The van der Waals surface area contributed by atoms with E-state index in [0.717, 1.165) is 22.6 Å². The third kappa shape index (κ3) is 3.92. The standard InChI is InChI=1S/C18H19N5O2S/c1-3-25-15-10-8-13(9-11-15)17-20-21-18(26)23(17)22-19-12-14-6-4-5-7-16(14)24-2/h4-12,22H,3H2,1-2H3,(H,21,26)/b19-12+. The molecule has 26 heavy (non-hydrogen) atoms. The average Bonchev–Trinajstić information content (AvgIpc) is 3.04. The molecule has 3 aromatic rings. The number of nitrogens with zero attached hydrogens (tertiary/aromatic N) is 3. The van der Waals surface area contributed by atoms with Crippen LogP contribution in [0.3, 0.4) is 0 Å². The maximum atomic E-state index is 5.46. The minimum atomic E-state index is 0.408. The molecule has 0 fully saturated rings. The fourth-order valence-corrected chi connectivity index (χ4v) is 2.55. The highest BCUT2D eigenvalue weighted by molar-refractivity contribution is 7.71. The number of methoxy groups -OCH3 is 1.